The number of benzene rings is 2. The molecule has 0 aliphatic carbocycles. The maximum atomic E-state index is 9.55. The van der Waals surface area contributed by atoms with Crippen LogP contribution in [0.15, 0.2) is 54.6 Å². The Hall–Kier alpha value is -2.83. The van der Waals surface area contributed by atoms with Crippen LogP contribution in [0.5, 0.6) is 11.5 Å². The molecule has 28 heavy (non-hydrogen) atoms. The standard InChI is InChI=1S/C17H16ClNO.C4H4O4/c1-19-9-14-12-4-2-3-5-16(12)20-17-7-6-11(18)8-13(17)15(14)10-19;5-3(6)1-2-4(7)8/h2-8,14-15H,9-10H2,1H3;1-2H,(H,5,6)(H,7,8)/b;2-1-/t14?,15-;/m1./s1. The van der Waals surface area contributed by atoms with Crippen LogP contribution in [-0.4, -0.2) is 47.2 Å². The molecule has 2 aromatic rings. The third kappa shape index (κ3) is 4.52. The molecular weight excluding hydrogens is 382 g/mol. The summed E-state index contributed by atoms with van der Waals surface area (Å²) in [5.41, 5.74) is 2.55. The zero-order chi connectivity index (χ0) is 20.3. The predicted molar refractivity (Wildman–Crippen MR) is 105 cm³/mol. The van der Waals surface area contributed by atoms with E-state index in [1.165, 1.54) is 11.1 Å². The SMILES string of the molecule is CN1CC2c3ccccc3Oc3ccc(Cl)cc3[C@H]2C1.O=C(O)/C=C\C(=O)O. The van der Waals surface area contributed by atoms with Crippen LogP contribution in [0, 0.1) is 0 Å². The third-order valence-corrected chi connectivity index (χ3v) is 5.02. The van der Waals surface area contributed by atoms with Gasteiger partial charge >= 0.3 is 11.9 Å². The van der Waals surface area contributed by atoms with E-state index in [1.807, 2.05) is 18.2 Å². The average molecular weight is 402 g/mol. The minimum absolute atomic E-state index is 0.456. The summed E-state index contributed by atoms with van der Waals surface area (Å²) in [5.74, 6) is 0.358. The largest absolute Gasteiger partial charge is 0.478 e. The number of carboxylic acid groups (broad SMARTS) is 2. The van der Waals surface area contributed by atoms with Gasteiger partial charge in [0.15, 0.2) is 0 Å². The average Bonchev–Trinajstić information content (AvgIpc) is 2.98. The molecular formula is C21H20ClNO5. The number of fused-ring (bicyclic) bond motifs is 5. The Bertz CT molecular complexity index is 911. The van der Waals surface area contributed by atoms with Crippen LogP contribution < -0.4 is 4.74 Å². The van der Waals surface area contributed by atoms with E-state index in [2.05, 4.69) is 36.2 Å². The van der Waals surface area contributed by atoms with Crippen molar-refractivity contribution in [3.05, 3.63) is 70.8 Å². The van der Waals surface area contributed by atoms with Gasteiger partial charge < -0.3 is 19.8 Å². The fraction of sp³-hybridized carbons (Fsp3) is 0.238. The number of carboxylic acids is 2. The number of hydrogen-bond acceptors (Lipinski definition) is 4. The molecule has 2 N–H and O–H groups in total. The number of para-hydroxylation sites is 1. The number of hydrogen-bond donors (Lipinski definition) is 2. The molecule has 0 saturated carbocycles. The summed E-state index contributed by atoms with van der Waals surface area (Å²) in [5, 5.41) is 16.4. The Morgan fingerprint density at radius 3 is 2.21 bits per heavy atom. The van der Waals surface area contributed by atoms with Gasteiger partial charge in [-0.15, -0.1) is 0 Å². The molecule has 0 aromatic heterocycles. The molecule has 0 spiro atoms. The second-order valence-corrected chi connectivity index (χ2v) is 7.20. The number of nitrogens with zero attached hydrogens (tertiary/aromatic N) is 1. The minimum atomic E-state index is -1.26. The van der Waals surface area contributed by atoms with Crippen LogP contribution in [0.25, 0.3) is 0 Å². The van der Waals surface area contributed by atoms with Gasteiger partial charge in [0.25, 0.3) is 0 Å². The summed E-state index contributed by atoms with van der Waals surface area (Å²) in [6.07, 6.45) is 1.12. The van der Waals surface area contributed by atoms with E-state index in [0.717, 1.165) is 29.6 Å². The van der Waals surface area contributed by atoms with Gasteiger partial charge in [0.05, 0.1) is 0 Å². The lowest BCUT2D eigenvalue weighted by molar-refractivity contribution is -0.134. The van der Waals surface area contributed by atoms with Gasteiger partial charge in [0, 0.05) is 47.7 Å². The van der Waals surface area contributed by atoms with Gasteiger partial charge in [-0.25, -0.2) is 9.59 Å². The van der Waals surface area contributed by atoms with E-state index in [0.29, 0.717) is 24.0 Å². The highest BCUT2D eigenvalue weighted by Crippen LogP contribution is 2.49. The van der Waals surface area contributed by atoms with Gasteiger partial charge in [-0.2, -0.15) is 0 Å². The van der Waals surface area contributed by atoms with Crippen LogP contribution in [0.4, 0.5) is 0 Å². The highest BCUT2D eigenvalue weighted by atomic mass is 35.5. The van der Waals surface area contributed by atoms with E-state index in [4.69, 9.17) is 26.6 Å². The zero-order valence-electron chi connectivity index (χ0n) is 15.2. The Balaban J connectivity index is 0.000000242. The van der Waals surface area contributed by atoms with Crippen molar-refractivity contribution in [2.24, 2.45) is 0 Å². The van der Waals surface area contributed by atoms with Crippen molar-refractivity contribution in [3.63, 3.8) is 0 Å². The first-order chi connectivity index (χ1) is 13.3. The number of aliphatic carboxylic acids is 2. The third-order valence-electron chi connectivity index (χ3n) is 4.78. The molecule has 6 nitrogen and oxygen atoms in total. The summed E-state index contributed by atoms with van der Waals surface area (Å²) in [6, 6.07) is 14.4. The lowest BCUT2D eigenvalue weighted by Gasteiger charge is -2.17. The summed E-state index contributed by atoms with van der Waals surface area (Å²) in [7, 11) is 2.18. The summed E-state index contributed by atoms with van der Waals surface area (Å²) < 4.78 is 6.15. The van der Waals surface area contributed by atoms with E-state index < -0.39 is 11.9 Å². The molecule has 2 aromatic carbocycles. The van der Waals surface area contributed by atoms with E-state index in [1.54, 1.807) is 0 Å². The van der Waals surface area contributed by atoms with Gasteiger partial charge in [0.2, 0.25) is 0 Å². The van der Waals surface area contributed by atoms with Crippen molar-refractivity contribution in [2.45, 2.75) is 11.8 Å². The number of ether oxygens (including phenoxy) is 1. The summed E-state index contributed by atoms with van der Waals surface area (Å²) >= 11 is 6.20. The molecule has 146 valence electrons. The monoisotopic (exact) mass is 401 g/mol. The highest BCUT2D eigenvalue weighted by Gasteiger charge is 2.38. The van der Waals surface area contributed by atoms with Crippen LogP contribution in [0.1, 0.15) is 23.0 Å². The Kier molecular flexibility index (Phi) is 6.02. The van der Waals surface area contributed by atoms with Crippen molar-refractivity contribution < 1.29 is 24.5 Å². The van der Waals surface area contributed by atoms with Crippen molar-refractivity contribution in [2.75, 3.05) is 20.1 Å². The zero-order valence-corrected chi connectivity index (χ0v) is 16.0. The lowest BCUT2D eigenvalue weighted by atomic mass is 9.84. The molecule has 0 radical (unpaired) electrons. The summed E-state index contributed by atoms with van der Waals surface area (Å²) in [4.78, 5) is 21.5. The maximum absolute atomic E-state index is 9.55. The van der Waals surface area contributed by atoms with Crippen LogP contribution >= 0.6 is 11.6 Å². The maximum Gasteiger partial charge on any atom is 0.328 e. The Morgan fingerprint density at radius 2 is 1.57 bits per heavy atom. The first-order valence-corrected chi connectivity index (χ1v) is 9.11. The fourth-order valence-corrected chi connectivity index (χ4v) is 3.85. The number of likely N-dealkylation sites (tertiary alicyclic amines) is 1. The van der Waals surface area contributed by atoms with Gasteiger partial charge in [0.1, 0.15) is 11.5 Å². The second-order valence-electron chi connectivity index (χ2n) is 6.77. The molecule has 4 rings (SSSR count). The highest BCUT2D eigenvalue weighted by molar-refractivity contribution is 6.30. The molecule has 1 saturated heterocycles. The number of likely N-dealkylation sites (N-methyl/N-ethyl adjacent to an activating group) is 1. The molecule has 7 heteroatoms. The van der Waals surface area contributed by atoms with Gasteiger partial charge in [-0.3, -0.25) is 0 Å². The van der Waals surface area contributed by atoms with Crippen LogP contribution in [0.2, 0.25) is 5.02 Å². The molecule has 1 fully saturated rings. The van der Waals surface area contributed by atoms with Gasteiger partial charge in [-0.1, -0.05) is 29.8 Å². The predicted octanol–water partition coefficient (Wildman–Crippen LogP) is 3.97. The number of halogens is 1. The molecule has 0 bridgehead atoms. The number of rotatable bonds is 2. The van der Waals surface area contributed by atoms with Crippen molar-refractivity contribution >= 4 is 23.5 Å². The normalized spacial score (nSPS) is 20.1. The van der Waals surface area contributed by atoms with E-state index in [-0.39, 0.29) is 0 Å². The number of carbonyl (C=O) groups is 2. The van der Waals surface area contributed by atoms with Gasteiger partial charge in [-0.05, 0) is 36.9 Å². The first-order valence-electron chi connectivity index (χ1n) is 8.74. The van der Waals surface area contributed by atoms with Crippen LogP contribution in [-0.2, 0) is 9.59 Å². The molecule has 2 atom stereocenters. The molecule has 2 aliphatic rings. The van der Waals surface area contributed by atoms with E-state index in [9.17, 15) is 9.59 Å². The fourth-order valence-electron chi connectivity index (χ4n) is 3.67. The summed E-state index contributed by atoms with van der Waals surface area (Å²) in [6.45, 7) is 2.12. The lowest BCUT2D eigenvalue weighted by Crippen LogP contribution is -2.14. The minimum Gasteiger partial charge on any atom is -0.478 e. The molecule has 1 unspecified atom stereocenters. The molecule has 2 heterocycles. The smallest absolute Gasteiger partial charge is 0.328 e. The molecule has 0 amide bonds. The van der Waals surface area contributed by atoms with Crippen molar-refractivity contribution in [3.8, 4) is 11.5 Å². The second kappa shape index (κ2) is 8.46. The Morgan fingerprint density at radius 1 is 1.00 bits per heavy atom. The van der Waals surface area contributed by atoms with E-state index >= 15 is 0 Å². The van der Waals surface area contributed by atoms with Crippen molar-refractivity contribution in [1.82, 2.24) is 4.90 Å². The first kappa shape index (κ1) is 19.9. The topological polar surface area (TPSA) is 87.1 Å². The van der Waals surface area contributed by atoms with Crippen molar-refractivity contribution in [1.29, 1.82) is 0 Å². The Labute approximate surface area is 167 Å². The quantitative estimate of drug-likeness (QED) is 0.740. The van der Waals surface area contributed by atoms with Crippen LogP contribution in [0.3, 0.4) is 0 Å². The molecule has 2 aliphatic heterocycles.